The summed E-state index contributed by atoms with van der Waals surface area (Å²) in [5.41, 5.74) is 4.55. The van der Waals surface area contributed by atoms with E-state index in [1.807, 2.05) is 13.0 Å². The molecular formula is C25H24BFN2O6. The van der Waals surface area contributed by atoms with Gasteiger partial charge in [-0.3, -0.25) is 4.79 Å². The minimum absolute atomic E-state index is 0.0516. The zero-order valence-corrected chi connectivity index (χ0v) is 19.5. The molecule has 3 aromatic rings. The quantitative estimate of drug-likeness (QED) is 0.427. The van der Waals surface area contributed by atoms with Crippen LogP contribution >= 0.6 is 0 Å². The predicted octanol–water partition coefficient (Wildman–Crippen LogP) is 2.54. The molecule has 0 aliphatic heterocycles. The van der Waals surface area contributed by atoms with E-state index in [0.29, 0.717) is 22.5 Å². The van der Waals surface area contributed by atoms with Crippen molar-refractivity contribution in [3.05, 3.63) is 76.8 Å². The van der Waals surface area contributed by atoms with Gasteiger partial charge in [0.05, 0.1) is 38.8 Å². The molecule has 0 unspecified atom stereocenters. The molecule has 2 aromatic carbocycles. The number of rotatable bonds is 8. The third-order valence-corrected chi connectivity index (χ3v) is 5.87. The molecule has 0 saturated carbocycles. The lowest BCUT2D eigenvalue weighted by atomic mass is 9.78. The number of oxazole rings is 1. The fraction of sp³-hybridized carbons (Fsp3) is 0.200. The summed E-state index contributed by atoms with van der Waals surface area (Å²) < 4.78 is 30.0. The van der Waals surface area contributed by atoms with E-state index in [1.165, 1.54) is 38.9 Å². The maximum atomic E-state index is 14.2. The molecule has 1 amide bonds. The van der Waals surface area contributed by atoms with Crippen molar-refractivity contribution in [3.8, 4) is 11.5 Å². The van der Waals surface area contributed by atoms with E-state index >= 15 is 0 Å². The molecule has 10 heteroatoms. The molecule has 1 aromatic heterocycles. The van der Waals surface area contributed by atoms with Gasteiger partial charge >= 0.3 is 7.12 Å². The van der Waals surface area contributed by atoms with Crippen LogP contribution in [0.15, 0.2) is 52.9 Å². The van der Waals surface area contributed by atoms with Crippen molar-refractivity contribution in [2.45, 2.75) is 19.9 Å². The van der Waals surface area contributed by atoms with Gasteiger partial charge in [0, 0.05) is 0 Å². The number of amides is 1. The second-order valence-electron chi connectivity index (χ2n) is 7.99. The first-order chi connectivity index (χ1) is 16.8. The summed E-state index contributed by atoms with van der Waals surface area (Å²) in [6.07, 6.45) is 4.73. The van der Waals surface area contributed by atoms with Crippen molar-refractivity contribution in [3.63, 3.8) is 0 Å². The highest BCUT2D eigenvalue weighted by atomic mass is 19.1. The second-order valence-corrected chi connectivity index (χ2v) is 7.99. The number of aromatic nitrogens is 1. The number of benzene rings is 2. The minimum atomic E-state index is -1.78. The number of carbonyl (C=O) groups excluding carboxylic acids is 1. The highest BCUT2D eigenvalue weighted by Crippen LogP contribution is 2.44. The van der Waals surface area contributed by atoms with E-state index in [2.05, 4.69) is 10.3 Å². The van der Waals surface area contributed by atoms with E-state index in [1.54, 1.807) is 18.2 Å². The van der Waals surface area contributed by atoms with Crippen LogP contribution in [0.4, 0.5) is 4.39 Å². The summed E-state index contributed by atoms with van der Waals surface area (Å²) in [6, 6.07) is 7.79. The van der Waals surface area contributed by atoms with Crippen molar-refractivity contribution < 1.29 is 33.1 Å². The van der Waals surface area contributed by atoms with E-state index in [9.17, 15) is 19.2 Å². The SMILES string of the molecule is COc1cc(C=C2C(C)=C(CC(=O)NCc3cnco3)c3cc(F)ccc32)cc(OC)c1B(O)O. The van der Waals surface area contributed by atoms with Gasteiger partial charge in [0.15, 0.2) is 6.39 Å². The second kappa shape index (κ2) is 10.2. The average Bonchev–Trinajstić information content (AvgIpc) is 3.44. The predicted molar refractivity (Wildman–Crippen MR) is 129 cm³/mol. The summed E-state index contributed by atoms with van der Waals surface area (Å²) in [4.78, 5) is 16.5. The van der Waals surface area contributed by atoms with Crippen molar-refractivity contribution in [2.75, 3.05) is 14.2 Å². The highest BCUT2D eigenvalue weighted by molar-refractivity contribution is 6.61. The van der Waals surface area contributed by atoms with Gasteiger partial charge in [-0.05, 0) is 70.7 Å². The number of fused-ring (bicyclic) bond motifs is 1. The Morgan fingerprint density at radius 2 is 1.89 bits per heavy atom. The molecule has 0 bridgehead atoms. The van der Waals surface area contributed by atoms with Crippen LogP contribution in [-0.4, -0.2) is 42.3 Å². The first kappa shape index (κ1) is 24.2. The number of hydrogen-bond acceptors (Lipinski definition) is 7. The summed E-state index contributed by atoms with van der Waals surface area (Å²) in [5.74, 6) is 0.384. The highest BCUT2D eigenvalue weighted by Gasteiger charge is 2.27. The maximum absolute atomic E-state index is 14.2. The van der Waals surface area contributed by atoms with E-state index in [4.69, 9.17) is 13.9 Å². The monoisotopic (exact) mass is 478 g/mol. The number of nitrogens with one attached hydrogen (secondary N) is 1. The third kappa shape index (κ3) is 4.98. The Hall–Kier alpha value is -3.89. The number of methoxy groups -OCH3 is 2. The number of ether oxygens (including phenoxy) is 2. The average molecular weight is 478 g/mol. The Morgan fingerprint density at radius 3 is 2.49 bits per heavy atom. The summed E-state index contributed by atoms with van der Waals surface area (Å²) >= 11 is 0. The van der Waals surface area contributed by atoms with E-state index in [-0.39, 0.29) is 35.8 Å². The number of hydrogen-bond donors (Lipinski definition) is 3. The Labute approximate surface area is 201 Å². The molecule has 0 spiro atoms. The van der Waals surface area contributed by atoms with Gasteiger partial charge in [0.25, 0.3) is 0 Å². The van der Waals surface area contributed by atoms with Crippen LogP contribution in [0.2, 0.25) is 0 Å². The molecule has 3 N–H and O–H groups in total. The van der Waals surface area contributed by atoms with Crippen LogP contribution < -0.4 is 20.3 Å². The standard InChI is InChI=1S/C25H24BFN2O6/c1-14-19(6-15-7-22(33-2)25(26(31)32)23(8-15)34-3)18-5-4-16(27)9-21(18)20(14)10-24(30)29-12-17-11-28-13-35-17/h4-9,11,13,31-32H,10,12H2,1-3H3,(H,29,30). The van der Waals surface area contributed by atoms with Gasteiger partial charge in [0.1, 0.15) is 23.1 Å². The zero-order chi connectivity index (χ0) is 25.1. The first-order valence-corrected chi connectivity index (χ1v) is 10.8. The molecule has 0 fully saturated rings. The van der Waals surface area contributed by atoms with Crippen molar-refractivity contribution in [2.24, 2.45) is 0 Å². The van der Waals surface area contributed by atoms with E-state index in [0.717, 1.165) is 16.7 Å². The molecule has 1 heterocycles. The molecule has 35 heavy (non-hydrogen) atoms. The first-order valence-electron chi connectivity index (χ1n) is 10.8. The van der Waals surface area contributed by atoms with Crippen molar-refractivity contribution in [1.29, 1.82) is 0 Å². The molecule has 0 atom stereocenters. The van der Waals surface area contributed by atoms with Gasteiger partial charge in [-0.1, -0.05) is 6.07 Å². The summed E-state index contributed by atoms with van der Waals surface area (Å²) in [7, 11) is 1.07. The molecule has 1 aliphatic rings. The van der Waals surface area contributed by atoms with Gasteiger partial charge < -0.3 is 29.3 Å². The topological polar surface area (TPSA) is 114 Å². The van der Waals surface area contributed by atoms with Crippen LogP contribution in [0.3, 0.4) is 0 Å². The van der Waals surface area contributed by atoms with Gasteiger partial charge in [-0.25, -0.2) is 9.37 Å². The molecule has 180 valence electrons. The Kier molecular flexibility index (Phi) is 7.04. The fourth-order valence-corrected chi connectivity index (χ4v) is 4.18. The smallest absolute Gasteiger partial charge is 0.496 e. The number of halogens is 1. The van der Waals surface area contributed by atoms with Crippen LogP contribution in [0.5, 0.6) is 11.5 Å². The number of nitrogens with zero attached hydrogens (tertiary/aromatic N) is 1. The van der Waals surface area contributed by atoms with E-state index < -0.39 is 12.9 Å². The lowest BCUT2D eigenvalue weighted by Gasteiger charge is -2.14. The molecule has 4 rings (SSSR count). The molecule has 0 radical (unpaired) electrons. The summed E-state index contributed by atoms with van der Waals surface area (Å²) in [6.45, 7) is 2.08. The largest absolute Gasteiger partial charge is 0.497 e. The number of allylic oxidation sites excluding steroid dienone is 2. The summed E-state index contributed by atoms with van der Waals surface area (Å²) in [5, 5.41) is 22.3. The van der Waals surface area contributed by atoms with Crippen LogP contribution in [0.1, 0.15) is 35.8 Å². The molecular weight excluding hydrogens is 454 g/mol. The van der Waals surface area contributed by atoms with Gasteiger partial charge in [0.2, 0.25) is 5.91 Å². The minimum Gasteiger partial charge on any atom is -0.497 e. The Balaban J connectivity index is 1.72. The van der Waals surface area contributed by atoms with Crippen molar-refractivity contribution >= 4 is 35.7 Å². The Bertz CT molecular complexity index is 1290. The molecule has 8 nitrogen and oxygen atoms in total. The third-order valence-electron chi connectivity index (χ3n) is 5.87. The lowest BCUT2D eigenvalue weighted by Crippen LogP contribution is -2.32. The zero-order valence-electron chi connectivity index (χ0n) is 19.5. The fourth-order valence-electron chi connectivity index (χ4n) is 4.18. The molecule has 0 saturated heterocycles. The van der Waals surface area contributed by atoms with Crippen LogP contribution in [0, 0.1) is 5.82 Å². The van der Waals surface area contributed by atoms with Crippen LogP contribution in [0.25, 0.3) is 17.2 Å². The number of carbonyl (C=O) groups is 1. The lowest BCUT2D eigenvalue weighted by molar-refractivity contribution is -0.120. The Morgan fingerprint density at radius 1 is 1.17 bits per heavy atom. The normalized spacial score (nSPS) is 13.7. The molecule has 1 aliphatic carbocycles. The maximum Gasteiger partial charge on any atom is 0.496 e. The van der Waals surface area contributed by atoms with Crippen molar-refractivity contribution in [1.82, 2.24) is 10.3 Å². The van der Waals surface area contributed by atoms with Crippen LogP contribution in [-0.2, 0) is 11.3 Å². The van der Waals surface area contributed by atoms with Gasteiger partial charge in [-0.2, -0.15) is 0 Å². The van der Waals surface area contributed by atoms with Gasteiger partial charge in [-0.15, -0.1) is 0 Å².